The van der Waals surface area contributed by atoms with Gasteiger partial charge in [-0.2, -0.15) is 0 Å². The molecule has 1 aromatic carbocycles. The predicted octanol–water partition coefficient (Wildman–Crippen LogP) is 4.44. The summed E-state index contributed by atoms with van der Waals surface area (Å²) in [5, 5.41) is 3.69. The number of hydrogen-bond donors (Lipinski definition) is 1. The highest BCUT2D eigenvalue weighted by Crippen LogP contribution is 2.40. The van der Waals surface area contributed by atoms with Gasteiger partial charge in [0.05, 0.1) is 18.7 Å². The van der Waals surface area contributed by atoms with Gasteiger partial charge in [-0.1, -0.05) is 25.1 Å². The average molecular weight is 413 g/mol. The fraction of sp³-hybridized carbons (Fsp3) is 0.478. The van der Waals surface area contributed by atoms with Crippen molar-refractivity contribution in [2.45, 2.75) is 46.0 Å². The van der Waals surface area contributed by atoms with Crippen molar-refractivity contribution >= 4 is 33.9 Å². The highest BCUT2D eigenvalue weighted by Gasteiger charge is 2.29. The Hall–Kier alpha value is -2.34. The van der Waals surface area contributed by atoms with E-state index in [9.17, 15) is 9.59 Å². The Morgan fingerprint density at radius 1 is 1.28 bits per heavy atom. The van der Waals surface area contributed by atoms with Crippen LogP contribution in [0.3, 0.4) is 0 Å². The first-order valence-electron chi connectivity index (χ1n) is 10.5. The largest absolute Gasteiger partial charge is 0.462 e. The molecule has 0 fully saturated rings. The van der Waals surface area contributed by atoms with Gasteiger partial charge >= 0.3 is 5.97 Å². The fourth-order valence-electron chi connectivity index (χ4n) is 4.37. The lowest BCUT2D eigenvalue weighted by atomic mass is 9.88. The maximum Gasteiger partial charge on any atom is 0.341 e. The number of thiophene rings is 1. The first-order valence-corrected chi connectivity index (χ1v) is 11.3. The molecule has 1 unspecified atom stereocenters. The molecule has 4 rings (SSSR count). The van der Waals surface area contributed by atoms with E-state index in [1.807, 2.05) is 19.1 Å². The Balaban J connectivity index is 1.55. The summed E-state index contributed by atoms with van der Waals surface area (Å²) in [5.74, 6) is 0.196. The van der Waals surface area contributed by atoms with Crippen molar-refractivity contribution in [3.63, 3.8) is 0 Å². The van der Waals surface area contributed by atoms with Gasteiger partial charge in [0.15, 0.2) is 0 Å². The first-order chi connectivity index (χ1) is 14.1. The van der Waals surface area contributed by atoms with Gasteiger partial charge in [-0.15, -0.1) is 11.3 Å². The highest BCUT2D eigenvalue weighted by molar-refractivity contribution is 7.17. The molecule has 6 heteroatoms. The van der Waals surface area contributed by atoms with Crippen LogP contribution in [0.15, 0.2) is 24.3 Å². The van der Waals surface area contributed by atoms with Gasteiger partial charge in [0.2, 0.25) is 5.91 Å². The number of carbonyl (C=O) groups is 2. The van der Waals surface area contributed by atoms with Gasteiger partial charge in [0.25, 0.3) is 0 Å². The lowest BCUT2D eigenvalue weighted by Crippen LogP contribution is -2.36. The third kappa shape index (κ3) is 4.17. The number of amides is 1. The number of hydrogen-bond acceptors (Lipinski definition) is 5. The molecule has 29 heavy (non-hydrogen) atoms. The van der Waals surface area contributed by atoms with Crippen molar-refractivity contribution in [2.75, 3.05) is 29.9 Å². The predicted molar refractivity (Wildman–Crippen MR) is 117 cm³/mol. The molecule has 0 saturated heterocycles. The van der Waals surface area contributed by atoms with Crippen molar-refractivity contribution in [1.82, 2.24) is 0 Å². The van der Waals surface area contributed by atoms with Crippen molar-refractivity contribution in [3.05, 3.63) is 45.8 Å². The van der Waals surface area contributed by atoms with Crippen LogP contribution in [0.5, 0.6) is 0 Å². The standard InChI is InChI=1S/C23H28N2O3S/c1-3-28-23(27)21-17-11-10-15(2)13-19(17)29-22(21)24-20(26)14-25-12-6-8-16-7-4-5-9-18(16)25/h4-5,7,9,15H,3,6,8,10-14H2,1-2H3,(H,24,26). The van der Waals surface area contributed by atoms with Crippen molar-refractivity contribution in [3.8, 4) is 0 Å². The number of esters is 1. The van der Waals surface area contributed by atoms with Gasteiger partial charge in [-0.05, 0) is 62.1 Å². The second-order valence-corrected chi connectivity index (χ2v) is 9.08. The zero-order chi connectivity index (χ0) is 20.4. The van der Waals surface area contributed by atoms with E-state index < -0.39 is 0 Å². The van der Waals surface area contributed by atoms with Crippen molar-refractivity contribution < 1.29 is 14.3 Å². The Labute approximate surface area is 176 Å². The van der Waals surface area contributed by atoms with E-state index >= 15 is 0 Å². The molecule has 1 amide bonds. The third-order valence-electron chi connectivity index (χ3n) is 5.79. The summed E-state index contributed by atoms with van der Waals surface area (Å²) in [6.45, 7) is 5.53. The van der Waals surface area contributed by atoms with Crippen LogP contribution in [0.4, 0.5) is 10.7 Å². The van der Waals surface area contributed by atoms with Gasteiger partial charge in [-0.25, -0.2) is 4.79 Å². The molecule has 0 saturated carbocycles. The van der Waals surface area contributed by atoms with Gasteiger partial charge in [0, 0.05) is 17.1 Å². The third-order valence-corrected chi connectivity index (χ3v) is 6.95. The number of ether oxygens (including phenoxy) is 1. The molecule has 1 N–H and O–H groups in total. The van der Waals surface area contributed by atoms with Gasteiger partial charge < -0.3 is 15.0 Å². The summed E-state index contributed by atoms with van der Waals surface area (Å²) in [6, 6.07) is 8.28. The number of para-hydroxylation sites is 1. The molecular formula is C23H28N2O3S. The number of anilines is 2. The van der Waals surface area contributed by atoms with E-state index in [1.54, 1.807) is 11.3 Å². The Morgan fingerprint density at radius 2 is 2.10 bits per heavy atom. The minimum absolute atomic E-state index is 0.0844. The smallest absolute Gasteiger partial charge is 0.341 e. The summed E-state index contributed by atoms with van der Waals surface area (Å²) < 4.78 is 5.30. The lowest BCUT2D eigenvalue weighted by Gasteiger charge is -2.30. The molecule has 154 valence electrons. The molecule has 2 aliphatic rings. The molecule has 0 bridgehead atoms. The van der Waals surface area contributed by atoms with Crippen LogP contribution in [0.2, 0.25) is 0 Å². The van der Waals surface area contributed by atoms with Crippen LogP contribution in [0.25, 0.3) is 0 Å². The van der Waals surface area contributed by atoms with E-state index in [0.717, 1.165) is 49.9 Å². The second-order valence-electron chi connectivity index (χ2n) is 7.98. The van der Waals surface area contributed by atoms with E-state index in [2.05, 4.69) is 29.3 Å². The van der Waals surface area contributed by atoms with Crippen molar-refractivity contribution in [2.24, 2.45) is 5.92 Å². The number of nitrogens with zero attached hydrogens (tertiary/aromatic N) is 1. The monoisotopic (exact) mass is 412 g/mol. The molecular weight excluding hydrogens is 384 g/mol. The summed E-state index contributed by atoms with van der Waals surface area (Å²) in [7, 11) is 0. The molecule has 1 aliphatic heterocycles. The normalized spacial score (nSPS) is 18.0. The Morgan fingerprint density at radius 3 is 2.93 bits per heavy atom. The quantitative estimate of drug-likeness (QED) is 0.738. The lowest BCUT2D eigenvalue weighted by molar-refractivity contribution is -0.115. The van der Waals surface area contributed by atoms with Crippen LogP contribution in [0, 0.1) is 5.92 Å². The Kier molecular flexibility index (Phi) is 5.90. The van der Waals surface area contributed by atoms with E-state index in [4.69, 9.17) is 4.74 Å². The number of rotatable bonds is 5. The molecule has 5 nitrogen and oxygen atoms in total. The maximum atomic E-state index is 12.9. The van der Waals surface area contributed by atoms with Crippen LogP contribution in [0.1, 0.15) is 53.1 Å². The van der Waals surface area contributed by atoms with Crippen LogP contribution in [-0.4, -0.2) is 31.6 Å². The molecule has 0 radical (unpaired) electrons. The number of carbonyl (C=O) groups excluding carboxylic acids is 2. The van der Waals surface area contributed by atoms with E-state index in [1.165, 1.54) is 10.4 Å². The molecule has 0 spiro atoms. The van der Waals surface area contributed by atoms with E-state index in [0.29, 0.717) is 23.1 Å². The summed E-state index contributed by atoms with van der Waals surface area (Å²) >= 11 is 1.54. The number of nitrogens with one attached hydrogen (secondary N) is 1. The minimum Gasteiger partial charge on any atom is -0.462 e. The summed E-state index contributed by atoms with van der Waals surface area (Å²) in [5.41, 5.74) is 4.08. The zero-order valence-corrected chi connectivity index (χ0v) is 17.9. The fourth-order valence-corrected chi connectivity index (χ4v) is 5.79. The first kappa shape index (κ1) is 20.0. The molecule has 1 aromatic heterocycles. The second kappa shape index (κ2) is 8.57. The van der Waals surface area contributed by atoms with Crippen LogP contribution >= 0.6 is 11.3 Å². The summed E-state index contributed by atoms with van der Waals surface area (Å²) in [4.78, 5) is 28.9. The van der Waals surface area contributed by atoms with Gasteiger partial charge in [0.1, 0.15) is 5.00 Å². The number of aryl methyl sites for hydroxylation is 1. The van der Waals surface area contributed by atoms with Crippen LogP contribution < -0.4 is 10.2 Å². The molecule has 2 heterocycles. The highest BCUT2D eigenvalue weighted by atomic mass is 32.1. The van der Waals surface area contributed by atoms with E-state index in [-0.39, 0.29) is 18.4 Å². The zero-order valence-electron chi connectivity index (χ0n) is 17.1. The SMILES string of the molecule is CCOC(=O)c1c(NC(=O)CN2CCCc3ccccc32)sc2c1CCC(C)C2. The molecule has 1 atom stereocenters. The Bertz CT molecular complexity index is 921. The molecule has 2 aromatic rings. The average Bonchev–Trinajstić information content (AvgIpc) is 3.05. The van der Waals surface area contributed by atoms with Crippen molar-refractivity contribution in [1.29, 1.82) is 0 Å². The molecule has 1 aliphatic carbocycles. The van der Waals surface area contributed by atoms with Gasteiger partial charge in [-0.3, -0.25) is 4.79 Å². The summed E-state index contributed by atoms with van der Waals surface area (Å²) in [6.07, 6.45) is 4.99. The minimum atomic E-state index is -0.321. The van der Waals surface area contributed by atoms with Crippen LogP contribution in [-0.2, 0) is 28.8 Å². The number of benzene rings is 1. The maximum absolute atomic E-state index is 12.9. The topological polar surface area (TPSA) is 58.6 Å². The number of fused-ring (bicyclic) bond motifs is 2.